The van der Waals surface area contributed by atoms with Crippen molar-refractivity contribution in [1.82, 2.24) is 9.80 Å². The number of primary amides is 1. The van der Waals surface area contributed by atoms with Crippen LogP contribution in [-0.2, 0) is 9.59 Å². The van der Waals surface area contributed by atoms with E-state index >= 15 is 8.78 Å². The smallest absolute Gasteiger partial charge is 0.275 e. The monoisotopic (exact) mass is 616 g/mol. The minimum atomic E-state index is -3.34. The van der Waals surface area contributed by atoms with E-state index in [4.69, 9.17) is 10.5 Å². The predicted octanol–water partition coefficient (Wildman–Crippen LogP) is 4.93. The molecule has 0 aliphatic carbocycles. The lowest BCUT2D eigenvalue weighted by atomic mass is 9.89. The molecular formula is C35H38F2N4O4. The van der Waals surface area contributed by atoms with Crippen LogP contribution in [0.25, 0.3) is 5.57 Å². The summed E-state index contributed by atoms with van der Waals surface area (Å²) >= 11 is 0. The molecule has 10 heteroatoms. The van der Waals surface area contributed by atoms with Gasteiger partial charge < -0.3 is 25.2 Å². The van der Waals surface area contributed by atoms with Crippen molar-refractivity contribution in [2.24, 2.45) is 5.73 Å². The number of nitrogens with zero attached hydrogens (tertiary/aromatic N) is 3. The number of allylic oxidation sites excluding steroid dienone is 1. The maximum atomic E-state index is 15.7. The summed E-state index contributed by atoms with van der Waals surface area (Å²) in [7, 11) is 5.49. The Morgan fingerprint density at radius 3 is 2.24 bits per heavy atom. The average Bonchev–Trinajstić information content (AvgIpc) is 3.14. The molecule has 236 valence electrons. The van der Waals surface area contributed by atoms with Crippen LogP contribution in [0.2, 0.25) is 0 Å². The molecule has 1 atom stereocenters. The minimum Gasteiger partial charge on any atom is -0.496 e. The summed E-state index contributed by atoms with van der Waals surface area (Å²) in [6, 6.07) is 20.3. The highest BCUT2D eigenvalue weighted by atomic mass is 19.3. The molecule has 0 saturated carbocycles. The number of ether oxygens (including phenoxy) is 1. The van der Waals surface area contributed by atoms with Gasteiger partial charge in [0.15, 0.2) is 0 Å². The minimum absolute atomic E-state index is 0.145. The van der Waals surface area contributed by atoms with Gasteiger partial charge in [-0.25, -0.2) is 8.78 Å². The highest BCUT2D eigenvalue weighted by Crippen LogP contribution is 2.43. The number of amides is 3. The molecule has 1 unspecified atom stereocenters. The van der Waals surface area contributed by atoms with Gasteiger partial charge >= 0.3 is 0 Å². The first-order valence-corrected chi connectivity index (χ1v) is 15.0. The van der Waals surface area contributed by atoms with Gasteiger partial charge in [0.1, 0.15) is 5.75 Å². The van der Waals surface area contributed by atoms with Crippen LogP contribution in [0.3, 0.4) is 0 Å². The third-order valence-electron chi connectivity index (χ3n) is 8.77. The van der Waals surface area contributed by atoms with Crippen molar-refractivity contribution >= 4 is 29.0 Å². The second kappa shape index (κ2) is 13.2. The van der Waals surface area contributed by atoms with E-state index in [1.165, 1.54) is 18.1 Å². The number of carbonyl (C=O) groups excluding carboxylic acids is 3. The summed E-state index contributed by atoms with van der Waals surface area (Å²) < 4.78 is 36.9. The van der Waals surface area contributed by atoms with Gasteiger partial charge in [0.25, 0.3) is 11.8 Å². The first-order valence-electron chi connectivity index (χ1n) is 15.0. The van der Waals surface area contributed by atoms with Crippen LogP contribution in [-0.4, -0.2) is 80.3 Å². The molecule has 0 spiro atoms. The van der Waals surface area contributed by atoms with Gasteiger partial charge in [-0.3, -0.25) is 14.4 Å². The molecule has 3 amide bonds. The van der Waals surface area contributed by atoms with Crippen molar-refractivity contribution in [2.45, 2.75) is 37.1 Å². The van der Waals surface area contributed by atoms with Gasteiger partial charge in [0.2, 0.25) is 11.8 Å². The van der Waals surface area contributed by atoms with Crippen molar-refractivity contribution in [3.8, 4) is 5.75 Å². The van der Waals surface area contributed by atoms with Crippen molar-refractivity contribution in [3.05, 3.63) is 101 Å². The Labute approximate surface area is 262 Å². The number of methoxy groups -OCH3 is 1. The van der Waals surface area contributed by atoms with Crippen molar-refractivity contribution in [1.29, 1.82) is 0 Å². The molecule has 2 N–H and O–H groups in total. The average molecular weight is 617 g/mol. The fourth-order valence-corrected chi connectivity index (χ4v) is 6.23. The summed E-state index contributed by atoms with van der Waals surface area (Å²) in [6.45, 7) is 0.732. The van der Waals surface area contributed by atoms with Gasteiger partial charge in [0.05, 0.1) is 18.7 Å². The number of likely N-dealkylation sites (tertiary alicyclic amines) is 1. The Morgan fingerprint density at radius 2 is 1.60 bits per heavy atom. The zero-order valence-corrected chi connectivity index (χ0v) is 25.7. The molecule has 1 fully saturated rings. The quantitative estimate of drug-likeness (QED) is 0.380. The maximum absolute atomic E-state index is 15.7. The highest BCUT2D eigenvalue weighted by molar-refractivity contribution is 6.09. The topological polar surface area (TPSA) is 96.2 Å². The summed E-state index contributed by atoms with van der Waals surface area (Å²) in [5.74, 6) is -5.16. The second-order valence-corrected chi connectivity index (χ2v) is 11.7. The number of piperidine rings is 1. The Kier molecular flexibility index (Phi) is 9.34. The molecule has 3 aromatic carbocycles. The fourth-order valence-electron chi connectivity index (χ4n) is 6.23. The number of carbonyl (C=O) groups is 3. The van der Waals surface area contributed by atoms with Gasteiger partial charge in [-0.05, 0) is 56.8 Å². The van der Waals surface area contributed by atoms with E-state index in [1.54, 1.807) is 71.6 Å². The van der Waals surface area contributed by atoms with Crippen LogP contribution in [0.1, 0.15) is 52.2 Å². The fraction of sp³-hybridized carbons (Fsp3) is 0.343. The van der Waals surface area contributed by atoms with Crippen molar-refractivity contribution in [3.63, 3.8) is 0 Å². The second-order valence-electron chi connectivity index (χ2n) is 11.7. The van der Waals surface area contributed by atoms with Gasteiger partial charge in [-0.15, -0.1) is 0 Å². The summed E-state index contributed by atoms with van der Waals surface area (Å²) in [5, 5.41) is 0. The van der Waals surface area contributed by atoms with E-state index in [2.05, 4.69) is 4.90 Å². The first-order chi connectivity index (χ1) is 21.5. The summed E-state index contributed by atoms with van der Waals surface area (Å²) in [6.07, 6.45) is 1.95. The van der Waals surface area contributed by atoms with Gasteiger partial charge in [0, 0.05) is 60.4 Å². The maximum Gasteiger partial charge on any atom is 0.275 e. The number of halogens is 2. The Morgan fingerprint density at radius 1 is 0.956 bits per heavy atom. The molecule has 2 aliphatic rings. The zero-order valence-electron chi connectivity index (χ0n) is 25.7. The van der Waals surface area contributed by atoms with E-state index in [1.807, 2.05) is 14.1 Å². The van der Waals surface area contributed by atoms with Crippen LogP contribution in [0.5, 0.6) is 5.75 Å². The highest BCUT2D eigenvalue weighted by Gasteiger charge is 2.42. The van der Waals surface area contributed by atoms with Crippen LogP contribution >= 0.6 is 0 Å². The molecule has 0 radical (unpaired) electrons. The molecule has 1 saturated heterocycles. The van der Waals surface area contributed by atoms with Gasteiger partial charge in [-0.2, -0.15) is 0 Å². The summed E-state index contributed by atoms with van der Waals surface area (Å²) in [5.41, 5.74) is 7.24. The predicted molar refractivity (Wildman–Crippen MR) is 169 cm³/mol. The van der Waals surface area contributed by atoms with E-state index in [0.29, 0.717) is 41.7 Å². The van der Waals surface area contributed by atoms with Crippen LogP contribution in [0.4, 0.5) is 14.5 Å². The van der Waals surface area contributed by atoms with Crippen molar-refractivity contribution in [2.75, 3.05) is 45.7 Å². The standard InChI is InChI=1S/C35H38F2N4O4/c1-39(2)25-16-19-40(20-17-25)31(42)22-28-26-8-4-6-10-29(26)41(21-18-35(28,36)37)34(44)24-14-12-23(13-15-24)32(33(38)43)27-9-5-7-11-30(27)45-3/h4-15,22,25,32H,16-21H2,1-3H3,(H2,38,43)/b28-22-. The molecule has 2 heterocycles. The molecule has 0 bridgehead atoms. The normalized spacial score (nSPS) is 18.3. The number of fused-ring (bicyclic) bond motifs is 1. The lowest BCUT2D eigenvalue weighted by Gasteiger charge is -2.35. The number of benzene rings is 3. The molecule has 45 heavy (non-hydrogen) atoms. The number of hydrogen-bond acceptors (Lipinski definition) is 5. The molecule has 5 rings (SSSR count). The number of anilines is 1. The molecule has 3 aromatic rings. The van der Waals surface area contributed by atoms with Crippen LogP contribution in [0, 0.1) is 0 Å². The molecule has 2 aliphatic heterocycles. The first kappa shape index (κ1) is 31.8. The van der Waals surface area contributed by atoms with E-state index in [-0.39, 0.29) is 23.2 Å². The third kappa shape index (κ3) is 6.61. The number of rotatable bonds is 7. The molecule has 0 aromatic heterocycles. The lowest BCUT2D eigenvalue weighted by Crippen LogP contribution is -2.44. The van der Waals surface area contributed by atoms with Crippen LogP contribution in [0.15, 0.2) is 78.9 Å². The largest absolute Gasteiger partial charge is 0.496 e. The molecular weight excluding hydrogens is 578 g/mol. The third-order valence-corrected chi connectivity index (χ3v) is 8.77. The van der Waals surface area contributed by atoms with E-state index in [0.717, 1.165) is 18.9 Å². The van der Waals surface area contributed by atoms with E-state index < -0.39 is 36.0 Å². The number of alkyl halides is 2. The summed E-state index contributed by atoms with van der Waals surface area (Å²) in [4.78, 5) is 44.7. The Bertz CT molecular complexity index is 1600. The van der Waals surface area contributed by atoms with Gasteiger partial charge in [-0.1, -0.05) is 48.5 Å². The zero-order chi connectivity index (χ0) is 32.3. The van der Waals surface area contributed by atoms with Crippen molar-refractivity contribution < 1.29 is 27.9 Å². The lowest BCUT2D eigenvalue weighted by molar-refractivity contribution is -0.127. The number of hydrogen-bond donors (Lipinski definition) is 1. The molecule has 8 nitrogen and oxygen atoms in total. The van der Waals surface area contributed by atoms with Crippen LogP contribution < -0.4 is 15.4 Å². The number of nitrogens with two attached hydrogens (primary N) is 1. The SMILES string of the molecule is COc1ccccc1C(C(N)=O)c1ccc(C(=O)N2CCC(F)(F)/C(=C\C(=O)N3CCC(N(C)C)CC3)c3ccccc32)cc1. The Balaban J connectivity index is 1.43. The Hall–Kier alpha value is -4.57. The van der Waals surface area contributed by atoms with E-state index in [9.17, 15) is 14.4 Å². The number of para-hydroxylation sites is 2.